The van der Waals surface area contributed by atoms with Gasteiger partial charge in [-0.25, -0.2) is 19.8 Å². The Kier molecular flexibility index (Phi) is 7.17. The molecule has 1 saturated carbocycles. The van der Waals surface area contributed by atoms with Crippen molar-refractivity contribution in [3.8, 4) is 28.3 Å². The first-order chi connectivity index (χ1) is 19.9. The van der Waals surface area contributed by atoms with Crippen LogP contribution in [0.2, 0.25) is 0 Å². The highest BCUT2D eigenvalue weighted by Crippen LogP contribution is 2.42. The number of fused-ring (bicyclic) bond motifs is 1. The first kappa shape index (κ1) is 26.9. The van der Waals surface area contributed by atoms with Crippen molar-refractivity contribution in [1.29, 1.82) is 0 Å². The van der Waals surface area contributed by atoms with Gasteiger partial charge in [0.2, 0.25) is 0 Å². The minimum atomic E-state index is -0.631. The molecule has 0 spiro atoms. The summed E-state index contributed by atoms with van der Waals surface area (Å²) in [5.41, 5.74) is 12.1. The lowest BCUT2D eigenvalue weighted by Gasteiger charge is -2.41. The number of benzene rings is 2. The van der Waals surface area contributed by atoms with Gasteiger partial charge in [-0.2, -0.15) is 0 Å². The van der Waals surface area contributed by atoms with Gasteiger partial charge in [-0.15, -0.1) is 0 Å². The predicted molar refractivity (Wildman–Crippen MR) is 160 cm³/mol. The summed E-state index contributed by atoms with van der Waals surface area (Å²) in [5, 5.41) is 12.3. The summed E-state index contributed by atoms with van der Waals surface area (Å²) in [6.07, 6.45) is 4.13. The van der Waals surface area contributed by atoms with Gasteiger partial charge in [-0.3, -0.25) is 9.36 Å². The Morgan fingerprint density at radius 1 is 1.10 bits per heavy atom. The molecular weight excluding hydrogens is 538 g/mol. The minimum absolute atomic E-state index is 0.174. The summed E-state index contributed by atoms with van der Waals surface area (Å²) in [5.74, 6) is 0.739. The second-order valence-corrected chi connectivity index (χ2v) is 10.7. The number of nitrogens with one attached hydrogen (secondary N) is 2. The van der Waals surface area contributed by atoms with E-state index in [4.69, 9.17) is 27.5 Å². The lowest BCUT2D eigenvalue weighted by molar-refractivity contribution is 0.0924. The zero-order valence-corrected chi connectivity index (χ0v) is 23.3. The highest BCUT2D eigenvalue weighted by atomic mass is 35.5. The Hall–Kier alpha value is -4.31. The summed E-state index contributed by atoms with van der Waals surface area (Å²) in [4.78, 5) is 29.8. The fraction of sp³-hybridized carbons (Fsp3) is 0.226. The van der Waals surface area contributed by atoms with Crippen molar-refractivity contribution < 1.29 is 9.90 Å². The lowest BCUT2D eigenvalue weighted by atomic mass is 9.73. The van der Waals surface area contributed by atoms with Crippen LogP contribution in [-0.4, -0.2) is 43.2 Å². The van der Waals surface area contributed by atoms with Gasteiger partial charge in [-0.1, -0.05) is 24.3 Å². The van der Waals surface area contributed by atoms with Crippen LogP contribution in [0.15, 0.2) is 79.0 Å². The van der Waals surface area contributed by atoms with E-state index in [0.29, 0.717) is 39.6 Å². The number of anilines is 1. The molecule has 0 saturated heterocycles. The standard InChI is InChI=1S/C31H30ClN7O2/c1-19(40)18-35-30(41)21-6-2-5-20(17-21)25-12-13-26-29(36-25)39(28(37-26)24-7-3-16-34-27(24)33)23-10-8-22(9-11-23)31(38-32)14-4-15-31/h2-3,5-13,16-17,19,38,40H,4,14-15,18H2,1H3,(H2,33,34)(H,35,41)/t19-/m0/s1. The van der Waals surface area contributed by atoms with Crippen LogP contribution in [0.3, 0.4) is 0 Å². The number of hydrogen-bond acceptors (Lipinski definition) is 7. The number of nitrogens with two attached hydrogens (primary N) is 1. The molecule has 5 N–H and O–H groups in total. The average molecular weight is 568 g/mol. The van der Waals surface area contributed by atoms with Crippen LogP contribution in [-0.2, 0) is 5.54 Å². The Bertz CT molecular complexity index is 1720. The summed E-state index contributed by atoms with van der Waals surface area (Å²) in [6, 6.07) is 23.0. The zero-order chi connectivity index (χ0) is 28.6. The third kappa shape index (κ3) is 5.04. The van der Waals surface area contributed by atoms with Crippen molar-refractivity contribution in [1.82, 2.24) is 29.7 Å². The van der Waals surface area contributed by atoms with Gasteiger partial charge in [0.1, 0.15) is 11.3 Å². The van der Waals surface area contributed by atoms with Crippen LogP contribution in [0.25, 0.3) is 39.5 Å². The van der Waals surface area contributed by atoms with Crippen molar-refractivity contribution in [2.45, 2.75) is 37.8 Å². The maximum Gasteiger partial charge on any atom is 0.251 e. The van der Waals surface area contributed by atoms with Gasteiger partial charge in [0, 0.05) is 29.6 Å². The molecule has 1 fully saturated rings. The predicted octanol–water partition coefficient (Wildman–Crippen LogP) is 4.96. The van der Waals surface area contributed by atoms with E-state index in [1.807, 2.05) is 53.1 Å². The van der Waals surface area contributed by atoms with E-state index in [2.05, 4.69) is 27.3 Å². The van der Waals surface area contributed by atoms with Crippen LogP contribution in [0.1, 0.15) is 42.1 Å². The van der Waals surface area contributed by atoms with Gasteiger partial charge < -0.3 is 16.2 Å². The number of aliphatic hydroxyl groups excluding tert-OH is 1. The number of carbonyl (C=O) groups is 1. The van der Waals surface area contributed by atoms with Gasteiger partial charge in [0.15, 0.2) is 11.5 Å². The molecule has 1 amide bonds. The number of pyridine rings is 2. The van der Waals surface area contributed by atoms with Crippen molar-refractivity contribution in [2.24, 2.45) is 0 Å². The smallest absolute Gasteiger partial charge is 0.251 e. The fourth-order valence-electron chi connectivity index (χ4n) is 5.21. The van der Waals surface area contributed by atoms with Crippen molar-refractivity contribution in [2.75, 3.05) is 12.3 Å². The molecule has 208 valence electrons. The minimum Gasteiger partial charge on any atom is -0.392 e. The molecule has 41 heavy (non-hydrogen) atoms. The molecular formula is C31H30ClN7O2. The molecule has 10 heteroatoms. The highest BCUT2D eigenvalue weighted by Gasteiger charge is 2.38. The van der Waals surface area contributed by atoms with Crippen LogP contribution < -0.4 is 15.9 Å². The summed E-state index contributed by atoms with van der Waals surface area (Å²) in [7, 11) is 0. The first-order valence-corrected chi connectivity index (χ1v) is 13.9. The highest BCUT2D eigenvalue weighted by molar-refractivity contribution is 6.14. The summed E-state index contributed by atoms with van der Waals surface area (Å²) < 4.78 is 1.98. The molecule has 0 aliphatic heterocycles. The molecule has 3 heterocycles. The molecule has 6 rings (SSSR count). The Morgan fingerprint density at radius 3 is 2.59 bits per heavy atom. The third-order valence-electron chi connectivity index (χ3n) is 7.63. The molecule has 5 aromatic rings. The molecule has 0 radical (unpaired) electrons. The quantitative estimate of drug-likeness (QED) is 0.195. The second-order valence-electron chi connectivity index (χ2n) is 10.5. The molecule has 9 nitrogen and oxygen atoms in total. The lowest BCUT2D eigenvalue weighted by Crippen LogP contribution is -2.43. The molecule has 2 aromatic carbocycles. The summed E-state index contributed by atoms with van der Waals surface area (Å²) >= 11 is 6.14. The van der Waals surface area contributed by atoms with Crippen molar-refractivity contribution in [3.63, 3.8) is 0 Å². The number of nitrogen functional groups attached to an aromatic ring is 1. The largest absolute Gasteiger partial charge is 0.392 e. The van der Waals surface area contributed by atoms with Crippen LogP contribution >= 0.6 is 11.8 Å². The van der Waals surface area contributed by atoms with E-state index in [1.54, 1.807) is 25.3 Å². The Morgan fingerprint density at radius 2 is 1.90 bits per heavy atom. The van der Waals surface area contributed by atoms with Gasteiger partial charge >= 0.3 is 0 Å². The van der Waals surface area contributed by atoms with Gasteiger partial charge in [0.25, 0.3) is 5.91 Å². The molecule has 1 aliphatic rings. The molecule has 1 atom stereocenters. The molecule has 0 bridgehead atoms. The molecule has 3 aromatic heterocycles. The van der Waals surface area contributed by atoms with E-state index in [9.17, 15) is 9.90 Å². The average Bonchev–Trinajstić information content (AvgIpc) is 3.35. The zero-order valence-electron chi connectivity index (χ0n) is 22.5. The fourth-order valence-corrected chi connectivity index (χ4v) is 5.51. The van der Waals surface area contributed by atoms with E-state index in [0.717, 1.165) is 36.1 Å². The number of nitrogens with zero attached hydrogens (tertiary/aromatic N) is 4. The van der Waals surface area contributed by atoms with E-state index >= 15 is 0 Å². The topological polar surface area (TPSA) is 131 Å². The number of aromatic nitrogens is 4. The number of halogens is 1. The van der Waals surface area contributed by atoms with E-state index in [1.165, 1.54) is 0 Å². The second kappa shape index (κ2) is 10.9. The van der Waals surface area contributed by atoms with Gasteiger partial charge in [0.05, 0.1) is 22.9 Å². The number of imidazole rings is 1. The number of rotatable bonds is 8. The number of aliphatic hydroxyl groups is 1. The Balaban J connectivity index is 1.46. The van der Waals surface area contributed by atoms with Crippen LogP contribution in [0, 0.1) is 0 Å². The first-order valence-electron chi connectivity index (χ1n) is 13.5. The number of carbonyl (C=O) groups excluding carboxylic acids is 1. The number of hydrogen-bond donors (Lipinski definition) is 4. The monoisotopic (exact) mass is 567 g/mol. The number of amides is 1. The normalized spacial score (nSPS) is 14.9. The van der Waals surface area contributed by atoms with Crippen LogP contribution in [0.4, 0.5) is 5.82 Å². The molecule has 0 unspecified atom stereocenters. The maximum absolute atomic E-state index is 12.6. The van der Waals surface area contributed by atoms with Crippen molar-refractivity contribution >= 4 is 34.7 Å². The third-order valence-corrected chi connectivity index (χ3v) is 7.99. The molecule has 1 aliphatic carbocycles. The SMILES string of the molecule is C[C@H](O)CNC(=O)c1cccc(-c2ccc3nc(-c4cccnc4N)n(-c4ccc(C5(NCl)CCC5)cc4)c3n2)c1. The Labute approximate surface area is 242 Å². The van der Waals surface area contributed by atoms with Gasteiger partial charge in [-0.05, 0) is 92.1 Å². The van der Waals surface area contributed by atoms with E-state index < -0.39 is 6.10 Å². The van der Waals surface area contributed by atoms with E-state index in [-0.39, 0.29) is 18.0 Å². The maximum atomic E-state index is 12.6. The van der Waals surface area contributed by atoms with Crippen LogP contribution in [0.5, 0.6) is 0 Å². The van der Waals surface area contributed by atoms with Crippen molar-refractivity contribution in [3.05, 3.63) is 90.1 Å². The summed E-state index contributed by atoms with van der Waals surface area (Å²) in [6.45, 7) is 1.80.